The summed E-state index contributed by atoms with van der Waals surface area (Å²) >= 11 is 0. The summed E-state index contributed by atoms with van der Waals surface area (Å²) in [5.41, 5.74) is 2.59. The molecule has 0 N–H and O–H groups in total. The molecule has 0 atom stereocenters. The van der Waals surface area contributed by atoms with Gasteiger partial charge in [0, 0.05) is 0 Å². The summed E-state index contributed by atoms with van der Waals surface area (Å²) in [5.74, 6) is 0.0323. The van der Waals surface area contributed by atoms with Crippen LogP contribution in [-0.2, 0) is 9.63 Å². The van der Waals surface area contributed by atoms with Gasteiger partial charge < -0.3 is 0 Å². The molecule has 86 valence electrons. The highest BCUT2D eigenvalue weighted by molar-refractivity contribution is 5.98. The molecule has 16 heavy (non-hydrogen) atoms. The smallest absolute Gasteiger partial charge is 0.258 e. The summed E-state index contributed by atoms with van der Waals surface area (Å²) in [5, 5.41) is 1.45. The van der Waals surface area contributed by atoms with Crippen molar-refractivity contribution in [2.45, 2.75) is 27.7 Å². The highest BCUT2D eigenvalue weighted by Crippen LogP contribution is 2.34. The normalized spacial score (nSPS) is 19.2. The third-order valence-electron chi connectivity index (χ3n) is 2.96. The maximum Gasteiger partial charge on any atom is 0.258 e. The molecule has 1 fully saturated rings. The molecule has 1 aliphatic heterocycles. The van der Waals surface area contributed by atoms with E-state index in [0.29, 0.717) is 6.61 Å². The number of benzene rings is 1. The van der Waals surface area contributed by atoms with Crippen molar-refractivity contribution in [3.8, 4) is 0 Å². The van der Waals surface area contributed by atoms with E-state index in [0.717, 1.165) is 16.8 Å². The Balaban J connectivity index is 2.44. The van der Waals surface area contributed by atoms with Crippen LogP contribution in [0.4, 0.5) is 5.69 Å². The number of para-hydroxylation sites is 1. The monoisotopic (exact) mass is 219 g/mol. The van der Waals surface area contributed by atoms with Gasteiger partial charge in [0.25, 0.3) is 5.91 Å². The molecule has 0 saturated carbocycles. The number of carbonyl (C=O) groups is 1. The Labute approximate surface area is 96.0 Å². The van der Waals surface area contributed by atoms with Gasteiger partial charge in [-0.3, -0.25) is 9.63 Å². The molecule has 0 aliphatic carbocycles. The number of carbonyl (C=O) groups excluding carboxylic acids is 1. The van der Waals surface area contributed by atoms with Gasteiger partial charge in [0.05, 0.1) is 17.7 Å². The van der Waals surface area contributed by atoms with Gasteiger partial charge in [-0.15, -0.1) is 0 Å². The Hall–Kier alpha value is -1.35. The van der Waals surface area contributed by atoms with E-state index in [1.165, 1.54) is 5.06 Å². The quantitative estimate of drug-likeness (QED) is 0.726. The molecule has 1 aromatic rings. The molecule has 0 unspecified atom stereocenters. The fraction of sp³-hybridized carbons (Fsp3) is 0.462. The van der Waals surface area contributed by atoms with E-state index < -0.39 is 5.41 Å². The van der Waals surface area contributed by atoms with Crippen molar-refractivity contribution in [1.82, 2.24) is 0 Å². The summed E-state index contributed by atoms with van der Waals surface area (Å²) in [6.45, 7) is 8.24. The van der Waals surface area contributed by atoms with E-state index in [4.69, 9.17) is 4.84 Å². The Morgan fingerprint density at radius 1 is 1.25 bits per heavy atom. The number of amides is 1. The van der Waals surface area contributed by atoms with Crippen LogP contribution < -0.4 is 5.06 Å². The van der Waals surface area contributed by atoms with Crippen LogP contribution in [0.5, 0.6) is 0 Å². The molecule has 1 saturated heterocycles. The second-order valence-corrected chi connectivity index (χ2v) is 5.00. The van der Waals surface area contributed by atoms with Gasteiger partial charge in [0.2, 0.25) is 0 Å². The predicted octanol–water partition coefficient (Wildman–Crippen LogP) is 2.61. The van der Waals surface area contributed by atoms with E-state index in [-0.39, 0.29) is 5.91 Å². The van der Waals surface area contributed by atoms with Gasteiger partial charge in [-0.05, 0) is 38.8 Å². The fourth-order valence-corrected chi connectivity index (χ4v) is 1.91. The van der Waals surface area contributed by atoms with Gasteiger partial charge in [0.15, 0.2) is 0 Å². The van der Waals surface area contributed by atoms with E-state index in [1.54, 1.807) is 0 Å². The van der Waals surface area contributed by atoms with Crippen LogP contribution in [0.15, 0.2) is 18.2 Å². The van der Waals surface area contributed by atoms with Gasteiger partial charge >= 0.3 is 0 Å². The minimum atomic E-state index is -0.422. The number of hydrogen-bond acceptors (Lipinski definition) is 2. The van der Waals surface area contributed by atoms with Crippen molar-refractivity contribution >= 4 is 11.6 Å². The first-order chi connectivity index (χ1) is 7.43. The van der Waals surface area contributed by atoms with E-state index >= 15 is 0 Å². The van der Waals surface area contributed by atoms with Crippen LogP contribution in [-0.4, -0.2) is 12.5 Å². The van der Waals surface area contributed by atoms with Gasteiger partial charge in [-0.25, -0.2) is 0 Å². The lowest BCUT2D eigenvalue weighted by Gasteiger charge is -2.20. The minimum absolute atomic E-state index is 0.0323. The Kier molecular flexibility index (Phi) is 2.50. The maximum atomic E-state index is 12.1. The zero-order chi connectivity index (χ0) is 11.9. The summed E-state index contributed by atoms with van der Waals surface area (Å²) < 4.78 is 0. The van der Waals surface area contributed by atoms with Crippen LogP contribution in [0.3, 0.4) is 0 Å². The lowest BCUT2D eigenvalue weighted by atomic mass is 9.94. The number of rotatable bonds is 1. The number of nitrogens with zero attached hydrogens (tertiary/aromatic N) is 1. The molecular formula is C13H17NO2. The van der Waals surface area contributed by atoms with Crippen molar-refractivity contribution in [1.29, 1.82) is 0 Å². The van der Waals surface area contributed by atoms with Crippen molar-refractivity contribution < 1.29 is 9.63 Å². The molecule has 3 nitrogen and oxygen atoms in total. The van der Waals surface area contributed by atoms with Crippen molar-refractivity contribution in [3.05, 3.63) is 29.3 Å². The number of hydrogen-bond donors (Lipinski definition) is 0. The SMILES string of the molecule is Cc1cccc(C)c1N1OCC(C)(C)C1=O. The molecule has 2 rings (SSSR count). The third kappa shape index (κ3) is 1.61. The van der Waals surface area contributed by atoms with E-state index in [1.807, 2.05) is 45.9 Å². The van der Waals surface area contributed by atoms with Crippen LogP contribution in [0, 0.1) is 19.3 Å². The molecule has 1 aromatic carbocycles. The third-order valence-corrected chi connectivity index (χ3v) is 2.96. The second-order valence-electron chi connectivity index (χ2n) is 5.00. The highest BCUT2D eigenvalue weighted by Gasteiger charge is 2.42. The molecule has 0 aromatic heterocycles. The van der Waals surface area contributed by atoms with Crippen LogP contribution in [0.25, 0.3) is 0 Å². The lowest BCUT2D eigenvalue weighted by Crippen LogP contribution is -2.31. The standard InChI is InChI=1S/C13H17NO2/c1-9-6-5-7-10(2)11(9)14-12(15)13(3,4)8-16-14/h5-7H,8H2,1-4H3. The molecular weight excluding hydrogens is 202 g/mol. The zero-order valence-electron chi connectivity index (χ0n) is 10.2. The van der Waals surface area contributed by atoms with E-state index in [2.05, 4.69) is 0 Å². The molecule has 1 heterocycles. The van der Waals surface area contributed by atoms with Crippen molar-refractivity contribution in [3.63, 3.8) is 0 Å². The second kappa shape index (κ2) is 3.59. The first-order valence-corrected chi connectivity index (χ1v) is 5.47. The number of aryl methyl sites for hydroxylation is 2. The summed E-state index contributed by atoms with van der Waals surface area (Å²) in [4.78, 5) is 17.6. The average Bonchev–Trinajstić information content (AvgIpc) is 2.45. The zero-order valence-corrected chi connectivity index (χ0v) is 10.2. The Morgan fingerprint density at radius 2 is 1.81 bits per heavy atom. The lowest BCUT2D eigenvalue weighted by molar-refractivity contribution is -0.124. The van der Waals surface area contributed by atoms with Crippen LogP contribution in [0.2, 0.25) is 0 Å². The van der Waals surface area contributed by atoms with Gasteiger partial charge in [0.1, 0.15) is 0 Å². The largest absolute Gasteiger partial charge is 0.271 e. The minimum Gasteiger partial charge on any atom is -0.271 e. The van der Waals surface area contributed by atoms with Crippen molar-refractivity contribution in [2.24, 2.45) is 5.41 Å². The molecule has 0 spiro atoms. The number of anilines is 1. The van der Waals surface area contributed by atoms with Crippen LogP contribution in [0.1, 0.15) is 25.0 Å². The first kappa shape index (κ1) is 11.1. The summed E-state index contributed by atoms with van der Waals surface area (Å²) in [7, 11) is 0. The molecule has 1 amide bonds. The van der Waals surface area contributed by atoms with E-state index in [9.17, 15) is 4.79 Å². The predicted molar refractivity (Wildman–Crippen MR) is 63.1 cm³/mol. The Bertz CT molecular complexity index is 417. The topological polar surface area (TPSA) is 29.5 Å². The van der Waals surface area contributed by atoms with Gasteiger partial charge in [-0.1, -0.05) is 18.2 Å². The molecule has 0 bridgehead atoms. The van der Waals surface area contributed by atoms with Gasteiger partial charge in [-0.2, -0.15) is 5.06 Å². The van der Waals surface area contributed by atoms with Crippen LogP contribution >= 0.6 is 0 Å². The summed E-state index contributed by atoms with van der Waals surface area (Å²) in [6.07, 6.45) is 0. The highest BCUT2D eigenvalue weighted by atomic mass is 16.7. The first-order valence-electron chi connectivity index (χ1n) is 5.47. The average molecular weight is 219 g/mol. The molecule has 0 radical (unpaired) electrons. The molecule has 3 heteroatoms. The fourth-order valence-electron chi connectivity index (χ4n) is 1.91. The number of hydroxylamine groups is 1. The Morgan fingerprint density at radius 3 is 2.25 bits per heavy atom. The van der Waals surface area contributed by atoms with Crippen molar-refractivity contribution in [2.75, 3.05) is 11.7 Å². The maximum absolute atomic E-state index is 12.1. The summed E-state index contributed by atoms with van der Waals surface area (Å²) in [6, 6.07) is 5.97. The molecule has 1 aliphatic rings.